The highest BCUT2D eigenvalue weighted by atomic mass is 35.5. The molecule has 3 aliphatic heterocycles. The molecule has 6 rings (SSSR count). The predicted octanol–water partition coefficient (Wildman–Crippen LogP) is 4.27. The summed E-state index contributed by atoms with van der Waals surface area (Å²) in [5.74, 6) is 9.32. The zero-order valence-corrected chi connectivity index (χ0v) is 24.9. The summed E-state index contributed by atoms with van der Waals surface area (Å²) in [4.78, 5) is 11.3. The molecule has 1 atom stereocenters. The van der Waals surface area contributed by atoms with Crippen molar-refractivity contribution in [2.45, 2.75) is 12.8 Å². The molecule has 2 fully saturated rings. The maximum absolute atomic E-state index is 6.74. The summed E-state index contributed by atoms with van der Waals surface area (Å²) in [7, 11) is 1.61. The highest BCUT2D eigenvalue weighted by Gasteiger charge is 2.26. The first kappa shape index (κ1) is 29.5. The number of hydrogen-bond donors (Lipinski definition) is 1. The predicted molar refractivity (Wildman–Crippen MR) is 161 cm³/mol. The first-order chi connectivity index (χ1) is 21.2. The van der Waals surface area contributed by atoms with Crippen LogP contribution in [-0.4, -0.2) is 94.7 Å². The fraction of sp³-hybridized carbons (Fsp3) is 0.484. The van der Waals surface area contributed by atoms with Crippen LogP contribution in [0.1, 0.15) is 18.4 Å². The lowest BCUT2D eigenvalue weighted by Crippen LogP contribution is -2.37. The van der Waals surface area contributed by atoms with E-state index < -0.39 is 0 Å². The van der Waals surface area contributed by atoms with Crippen LogP contribution in [0.5, 0.6) is 23.0 Å². The van der Waals surface area contributed by atoms with Gasteiger partial charge in [-0.3, -0.25) is 4.90 Å². The first-order valence-corrected chi connectivity index (χ1v) is 14.9. The van der Waals surface area contributed by atoms with Crippen molar-refractivity contribution in [1.29, 1.82) is 0 Å². The second-order valence-electron chi connectivity index (χ2n) is 10.4. The number of nitrogens with one attached hydrogen (secondary N) is 1. The van der Waals surface area contributed by atoms with Gasteiger partial charge in [0.1, 0.15) is 24.4 Å². The Labute approximate surface area is 255 Å². The van der Waals surface area contributed by atoms with Crippen molar-refractivity contribution in [3.8, 4) is 34.8 Å². The summed E-state index contributed by atoms with van der Waals surface area (Å²) in [6.45, 7) is 7.54. The molecule has 1 aromatic heterocycles. The molecule has 0 amide bonds. The fourth-order valence-electron chi connectivity index (χ4n) is 5.22. The van der Waals surface area contributed by atoms with E-state index in [1.54, 1.807) is 13.2 Å². The summed E-state index contributed by atoms with van der Waals surface area (Å²) < 4.78 is 39.9. The van der Waals surface area contributed by atoms with Crippen molar-refractivity contribution in [3.63, 3.8) is 0 Å². The Balaban J connectivity index is 1.16. The van der Waals surface area contributed by atoms with E-state index >= 15 is 0 Å². The number of nitrogens with zero attached hydrogens (tertiary/aromatic N) is 3. The average molecular weight is 611 g/mol. The molecule has 3 aromatic rings. The minimum Gasteiger partial charge on any atom is -0.493 e. The highest BCUT2D eigenvalue weighted by molar-refractivity contribution is 6.34. The zero-order valence-electron chi connectivity index (χ0n) is 24.2. The number of anilines is 2. The van der Waals surface area contributed by atoms with E-state index in [2.05, 4.69) is 32.0 Å². The van der Waals surface area contributed by atoms with Gasteiger partial charge >= 0.3 is 0 Å². The molecule has 0 radical (unpaired) electrons. The van der Waals surface area contributed by atoms with Crippen LogP contribution in [0.2, 0.25) is 5.02 Å². The van der Waals surface area contributed by atoms with Crippen molar-refractivity contribution in [3.05, 3.63) is 35.1 Å². The maximum atomic E-state index is 6.74. The lowest BCUT2D eigenvalue weighted by Gasteiger charge is -2.26. The topological polar surface area (TPSA) is 106 Å². The van der Waals surface area contributed by atoms with Gasteiger partial charge in [-0.15, -0.1) is 0 Å². The van der Waals surface area contributed by atoms with E-state index in [0.717, 1.165) is 64.3 Å². The van der Waals surface area contributed by atoms with Gasteiger partial charge in [0.05, 0.1) is 56.2 Å². The Morgan fingerprint density at radius 1 is 1.07 bits per heavy atom. The third kappa shape index (κ3) is 7.17. The number of halogens is 1. The molecule has 1 N–H and O–H groups in total. The SMILES string of the molecule is COc1cc2c(Nc3c(Cl)cc(C#CCOCC4CCOC4)c4c3OCO4)ncnc2cc1OCCCN1CCOCC1. The summed E-state index contributed by atoms with van der Waals surface area (Å²) in [6, 6.07) is 5.47. The molecule has 4 heterocycles. The van der Waals surface area contributed by atoms with Gasteiger partial charge in [0.25, 0.3) is 0 Å². The average Bonchev–Trinajstić information content (AvgIpc) is 3.74. The second-order valence-corrected chi connectivity index (χ2v) is 10.8. The van der Waals surface area contributed by atoms with Crippen LogP contribution in [-0.2, 0) is 14.2 Å². The fourth-order valence-corrected chi connectivity index (χ4v) is 5.46. The van der Waals surface area contributed by atoms with Crippen molar-refractivity contribution in [2.24, 2.45) is 5.92 Å². The molecular weight excluding hydrogens is 576 g/mol. The van der Waals surface area contributed by atoms with E-state index in [-0.39, 0.29) is 6.79 Å². The van der Waals surface area contributed by atoms with Crippen molar-refractivity contribution in [1.82, 2.24) is 14.9 Å². The van der Waals surface area contributed by atoms with Gasteiger partial charge in [-0.25, -0.2) is 9.97 Å². The van der Waals surface area contributed by atoms with Crippen LogP contribution in [0.3, 0.4) is 0 Å². The van der Waals surface area contributed by atoms with Gasteiger partial charge in [-0.2, -0.15) is 0 Å². The molecule has 2 aromatic carbocycles. The maximum Gasteiger partial charge on any atom is 0.231 e. The summed E-state index contributed by atoms with van der Waals surface area (Å²) >= 11 is 6.74. The molecule has 0 bridgehead atoms. The third-order valence-corrected chi connectivity index (χ3v) is 7.81. The summed E-state index contributed by atoms with van der Waals surface area (Å²) in [5.41, 5.74) is 1.85. The highest BCUT2D eigenvalue weighted by Crippen LogP contribution is 2.47. The lowest BCUT2D eigenvalue weighted by atomic mass is 10.1. The van der Waals surface area contributed by atoms with E-state index in [1.165, 1.54) is 6.33 Å². The van der Waals surface area contributed by atoms with Gasteiger partial charge in [-0.1, -0.05) is 23.4 Å². The van der Waals surface area contributed by atoms with Crippen LogP contribution >= 0.6 is 11.6 Å². The first-order valence-electron chi connectivity index (χ1n) is 14.5. The molecule has 0 aliphatic carbocycles. The standard InChI is InChI=1S/C31H35ClN4O7/c1-37-26-15-23-25(16-27(26)41-10-3-6-36-7-12-38-13-8-36)33-19-34-31(23)35-28-24(32)14-22(29-30(28)43-20-42-29)4-2-9-39-17-21-5-11-40-18-21/h14-16,19,21H,3,5-13,17-18,20H2,1H3,(H,33,34,35). The number of benzene rings is 2. The van der Waals surface area contributed by atoms with E-state index in [0.29, 0.717) is 76.3 Å². The molecular formula is C31H35ClN4O7. The molecule has 3 aliphatic rings. The molecule has 0 saturated carbocycles. The summed E-state index contributed by atoms with van der Waals surface area (Å²) in [5, 5.41) is 4.47. The number of fused-ring (bicyclic) bond motifs is 2. The van der Waals surface area contributed by atoms with Crippen LogP contribution in [0.25, 0.3) is 10.9 Å². The number of aromatic nitrogens is 2. The zero-order chi connectivity index (χ0) is 29.4. The number of ether oxygens (including phenoxy) is 7. The molecule has 2 saturated heterocycles. The van der Waals surface area contributed by atoms with Gasteiger partial charge in [-0.05, 0) is 25.0 Å². The number of methoxy groups -OCH3 is 1. The number of hydrogen-bond acceptors (Lipinski definition) is 11. The Morgan fingerprint density at radius 2 is 1.95 bits per heavy atom. The Kier molecular flexibility index (Phi) is 9.82. The third-order valence-electron chi connectivity index (χ3n) is 7.51. The molecule has 11 nitrogen and oxygen atoms in total. The smallest absolute Gasteiger partial charge is 0.231 e. The van der Waals surface area contributed by atoms with E-state index in [4.69, 9.17) is 44.8 Å². The van der Waals surface area contributed by atoms with Crippen molar-refractivity contribution >= 4 is 34.0 Å². The Hall–Kier alpha value is -3.53. The van der Waals surface area contributed by atoms with Crippen molar-refractivity contribution < 1.29 is 33.2 Å². The lowest BCUT2D eigenvalue weighted by molar-refractivity contribution is 0.0357. The van der Waals surface area contributed by atoms with Crippen LogP contribution in [0, 0.1) is 17.8 Å². The Morgan fingerprint density at radius 3 is 2.79 bits per heavy atom. The van der Waals surface area contributed by atoms with Crippen LogP contribution in [0.4, 0.5) is 11.5 Å². The van der Waals surface area contributed by atoms with Crippen molar-refractivity contribution in [2.75, 3.05) is 85.1 Å². The van der Waals surface area contributed by atoms with Gasteiger partial charge in [0.2, 0.25) is 6.79 Å². The minimum atomic E-state index is 0.0573. The molecule has 43 heavy (non-hydrogen) atoms. The quantitative estimate of drug-likeness (QED) is 0.249. The Bertz CT molecular complexity index is 1480. The normalized spacial score (nSPS) is 18.0. The molecule has 0 spiro atoms. The van der Waals surface area contributed by atoms with E-state index in [9.17, 15) is 0 Å². The number of rotatable bonds is 11. The van der Waals surface area contributed by atoms with Crippen LogP contribution < -0.4 is 24.3 Å². The van der Waals surface area contributed by atoms with Gasteiger partial charge in [0, 0.05) is 43.6 Å². The molecule has 12 heteroatoms. The molecule has 228 valence electrons. The monoisotopic (exact) mass is 610 g/mol. The minimum absolute atomic E-state index is 0.0573. The van der Waals surface area contributed by atoms with Crippen LogP contribution in [0.15, 0.2) is 24.5 Å². The second kappa shape index (κ2) is 14.3. The van der Waals surface area contributed by atoms with E-state index in [1.807, 2.05) is 12.1 Å². The molecule has 1 unspecified atom stereocenters. The number of morpholine rings is 1. The van der Waals surface area contributed by atoms with Gasteiger partial charge in [0.15, 0.2) is 23.0 Å². The van der Waals surface area contributed by atoms with Gasteiger partial charge < -0.3 is 38.5 Å². The summed E-state index contributed by atoms with van der Waals surface area (Å²) in [6.07, 6.45) is 3.41. The largest absolute Gasteiger partial charge is 0.493 e.